The number of aromatic nitrogens is 1. The number of Topliss-reactive ketones (excluding diaryl/α,β-unsaturated/α-hetero) is 1. The fourth-order valence-corrected chi connectivity index (χ4v) is 4.94. The van der Waals surface area contributed by atoms with Crippen molar-refractivity contribution >= 4 is 11.7 Å². The molecule has 2 atom stereocenters. The van der Waals surface area contributed by atoms with E-state index in [2.05, 4.69) is 30.2 Å². The van der Waals surface area contributed by atoms with Gasteiger partial charge in [0.1, 0.15) is 11.2 Å². The number of carbonyl (C=O) groups is 2. The molecule has 1 N–H and O–H groups in total. The van der Waals surface area contributed by atoms with Crippen LogP contribution in [-0.2, 0) is 16.1 Å². The molecule has 0 spiro atoms. The third kappa shape index (κ3) is 2.39. The third-order valence-corrected chi connectivity index (χ3v) is 6.66. The molecule has 4 heteroatoms. The van der Waals surface area contributed by atoms with Crippen molar-refractivity contribution in [3.8, 4) is 11.1 Å². The normalized spacial score (nSPS) is 26.1. The van der Waals surface area contributed by atoms with Gasteiger partial charge in [0, 0.05) is 25.4 Å². The second kappa shape index (κ2) is 6.04. The van der Waals surface area contributed by atoms with Crippen LogP contribution in [0.5, 0.6) is 0 Å². The lowest BCUT2D eigenvalue weighted by molar-refractivity contribution is -0.145. The highest BCUT2D eigenvalue weighted by Crippen LogP contribution is 2.63. The van der Waals surface area contributed by atoms with Gasteiger partial charge in [0.2, 0.25) is 5.91 Å². The second-order valence-corrected chi connectivity index (χ2v) is 8.11. The number of benzene rings is 1. The summed E-state index contributed by atoms with van der Waals surface area (Å²) in [6.45, 7) is 4.60. The molecule has 2 aromatic rings. The summed E-state index contributed by atoms with van der Waals surface area (Å²) < 4.78 is 0. The summed E-state index contributed by atoms with van der Waals surface area (Å²) in [4.78, 5) is 29.8. The van der Waals surface area contributed by atoms with Crippen molar-refractivity contribution in [3.05, 3.63) is 54.4 Å². The van der Waals surface area contributed by atoms with Crippen molar-refractivity contribution < 1.29 is 9.59 Å². The molecule has 0 radical (unpaired) electrons. The number of hydrogen-bond acceptors (Lipinski definition) is 3. The van der Waals surface area contributed by atoms with Gasteiger partial charge in [-0.15, -0.1) is 0 Å². The van der Waals surface area contributed by atoms with E-state index in [0.29, 0.717) is 25.3 Å². The Bertz CT molecular complexity index is 859. The Balaban J connectivity index is 1.51. The maximum Gasteiger partial charge on any atom is 0.234 e. The van der Waals surface area contributed by atoms with E-state index >= 15 is 0 Å². The van der Waals surface area contributed by atoms with Crippen LogP contribution in [0.25, 0.3) is 11.1 Å². The van der Waals surface area contributed by atoms with Crippen molar-refractivity contribution in [3.63, 3.8) is 0 Å². The molecule has 2 fully saturated rings. The van der Waals surface area contributed by atoms with Crippen LogP contribution in [0.1, 0.15) is 38.7 Å². The maximum atomic E-state index is 13.0. The molecule has 4 rings (SSSR count). The van der Waals surface area contributed by atoms with Gasteiger partial charge in [-0.2, -0.15) is 0 Å². The summed E-state index contributed by atoms with van der Waals surface area (Å²) in [5.74, 6) is 0.370. The molecule has 134 valence electrons. The van der Waals surface area contributed by atoms with Crippen LogP contribution < -0.4 is 5.32 Å². The average molecular weight is 348 g/mol. The summed E-state index contributed by atoms with van der Waals surface area (Å²) in [6.07, 6.45) is 5.79. The maximum absolute atomic E-state index is 13.0. The lowest BCUT2D eigenvalue weighted by Gasteiger charge is -2.34. The summed E-state index contributed by atoms with van der Waals surface area (Å²) in [7, 11) is 0. The number of carbonyl (C=O) groups excluding carboxylic acids is 2. The van der Waals surface area contributed by atoms with Crippen LogP contribution in [0.2, 0.25) is 0 Å². The minimum Gasteiger partial charge on any atom is -0.351 e. The first-order chi connectivity index (χ1) is 12.4. The molecule has 0 saturated heterocycles. The molecule has 2 unspecified atom stereocenters. The molecule has 2 saturated carbocycles. The molecular weight excluding hydrogens is 324 g/mol. The van der Waals surface area contributed by atoms with Crippen LogP contribution >= 0.6 is 0 Å². The molecule has 1 amide bonds. The molecule has 26 heavy (non-hydrogen) atoms. The molecule has 2 aliphatic carbocycles. The molecule has 4 nitrogen and oxygen atoms in total. The predicted molar refractivity (Wildman–Crippen MR) is 100 cm³/mol. The lowest BCUT2D eigenvalue weighted by Crippen LogP contribution is -2.49. The van der Waals surface area contributed by atoms with Crippen molar-refractivity contribution in [1.29, 1.82) is 0 Å². The van der Waals surface area contributed by atoms with Crippen LogP contribution in [0.15, 0.2) is 48.8 Å². The summed E-state index contributed by atoms with van der Waals surface area (Å²) in [5.41, 5.74) is 2.06. The first-order valence-electron chi connectivity index (χ1n) is 9.26. The first kappa shape index (κ1) is 17.0. The van der Waals surface area contributed by atoms with E-state index in [-0.39, 0.29) is 17.1 Å². The number of nitrogens with one attached hydrogen (secondary N) is 1. The van der Waals surface area contributed by atoms with Gasteiger partial charge in [0.15, 0.2) is 0 Å². The van der Waals surface area contributed by atoms with Gasteiger partial charge >= 0.3 is 0 Å². The second-order valence-electron chi connectivity index (χ2n) is 8.11. The van der Waals surface area contributed by atoms with Gasteiger partial charge in [0.05, 0.1) is 0 Å². The molecule has 1 aromatic heterocycles. The number of fused-ring (bicyclic) bond motifs is 2. The monoisotopic (exact) mass is 348 g/mol. The quantitative estimate of drug-likeness (QED) is 0.856. The van der Waals surface area contributed by atoms with E-state index in [1.165, 1.54) is 0 Å². The van der Waals surface area contributed by atoms with Crippen LogP contribution in [0.4, 0.5) is 0 Å². The van der Waals surface area contributed by atoms with E-state index < -0.39 is 5.41 Å². The van der Waals surface area contributed by atoms with E-state index in [1.54, 1.807) is 6.20 Å². The van der Waals surface area contributed by atoms with Gasteiger partial charge in [0.25, 0.3) is 0 Å². The van der Waals surface area contributed by atoms with E-state index in [1.807, 2.05) is 36.5 Å². The number of nitrogens with zero attached hydrogens (tertiary/aromatic N) is 1. The highest BCUT2D eigenvalue weighted by atomic mass is 16.2. The van der Waals surface area contributed by atoms with Crippen molar-refractivity contribution in [2.45, 2.75) is 39.7 Å². The summed E-state index contributed by atoms with van der Waals surface area (Å²) in [6, 6.07) is 12.0. The van der Waals surface area contributed by atoms with Gasteiger partial charge in [-0.25, -0.2) is 0 Å². The fraction of sp³-hybridized carbons (Fsp3) is 0.409. The van der Waals surface area contributed by atoms with Crippen LogP contribution in [0, 0.1) is 16.7 Å². The Morgan fingerprint density at radius 2 is 2.04 bits per heavy atom. The van der Waals surface area contributed by atoms with Crippen molar-refractivity contribution in [2.24, 2.45) is 16.7 Å². The number of pyridine rings is 1. The van der Waals surface area contributed by atoms with E-state index in [4.69, 9.17) is 0 Å². The zero-order valence-electron chi connectivity index (χ0n) is 15.3. The Kier molecular flexibility index (Phi) is 3.94. The topological polar surface area (TPSA) is 59.1 Å². The molecule has 2 bridgehead atoms. The van der Waals surface area contributed by atoms with Crippen LogP contribution in [-0.4, -0.2) is 16.7 Å². The van der Waals surface area contributed by atoms with Crippen LogP contribution in [0.3, 0.4) is 0 Å². The standard InChI is InChI=1S/C22H24N2O2/c1-21(2)18-8-9-22(21,19(25)12-18)20(26)24-13-15-5-3-6-16(11-15)17-7-4-10-23-14-17/h3-7,10-11,14,18H,8-9,12-13H2,1-2H3,(H,24,26). The Morgan fingerprint density at radius 1 is 1.23 bits per heavy atom. The minimum absolute atomic E-state index is 0.0979. The molecule has 1 heterocycles. The smallest absolute Gasteiger partial charge is 0.234 e. The largest absolute Gasteiger partial charge is 0.351 e. The predicted octanol–water partition coefficient (Wildman–Crippen LogP) is 3.76. The number of hydrogen-bond donors (Lipinski definition) is 1. The van der Waals surface area contributed by atoms with Gasteiger partial charge in [-0.05, 0) is 53.0 Å². The lowest BCUT2D eigenvalue weighted by atomic mass is 9.68. The first-order valence-corrected chi connectivity index (χ1v) is 9.26. The van der Waals surface area contributed by atoms with Crippen molar-refractivity contribution in [2.75, 3.05) is 0 Å². The highest BCUT2D eigenvalue weighted by molar-refractivity contribution is 6.09. The molecule has 0 aliphatic heterocycles. The Labute approximate surface area is 154 Å². The molecule has 1 aromatic carbocycles. The zero-order chi connectivity index (χ0) is 18.4. The highest BCUT2D eigenvalue weighted by Gasteiger charge is 2.67. The van der Waals surface area contributed by atoms with Gasteiger partial charge in [-0.1, -0.05) is 38.1 Å². The average Bonchev–Trinajstić information content (AvgIpc) is 3.03. The van der Waals surface area contributed by atoms with Gasteiger partial charge < -0.3 is 5.32 Å². The fourth-order valence-electron chi connectivity index (χ4n) is 4.94. The van der Waals surface area contributed by atoms with Crippen molar-refractivity contribution in [1.82, 2.24) is 10.3 Å². The summed E-state index contributed by atoms with van der Waals surface area (Å²) >= 11 is 0. The Hall–Kier alpha value is -2.49. The molecular formula is C22H24N2O2. The Morgan fingerprint density at radius 3 is 2.69 bits per heavy atom. The minimum atomic E-state index is -0.835. The number of rotatable bonds is 4. The van der Waals surface area contributed by atoms with E-state index in [0.717, 1.165) is 23.1 Å². The third-order valence-electron chi connectivity index (χ3n) is 6.66. The molecule has 2 aliphatic rings. The number of amides is 1. The van der Waals surface area contributed by atoms with Gasteiger partial charge in [-0.3, -0.25) is 14.6 Å². The summed E-state index contributed by atoms with van der Waals surface area (Å²) in [5, 5.41) is 3.05. The zero-order valence-corrected chi connectivity index (χ0v) is 15.3. The SMILES string of the molecule is CC1(C)C2CCC1(C(=O)NCc1cccc(-c3cccnc3)c1)C(=O)C2. The number of ketones is 1. The van der Waals surface area contributed by atoms with E-state index in [9.17, 15) is 9.59 Å².